The Kier molecular flexibility index (Phi) is 8.07. The van der Waals surface area contributed by atoms with E-state index < -0.39 is 0 Å². The second-order valence-corrected chi connectivity index (χ2v) is 9.07. The number of piperidine rings is 1. The molecule has 1 N–H and O–H groups in total. The molecule has 7 nitrogen and oxygen atoms in total. The molecule has 1 saturated heterocycles. The summed E-state index contributed by atoms with van der Waals surface area (Å²) in [5, 5.41) is 7.50. The number of amides is 1. The molecule has 0 spiro atoms. The third-order valence-corrected chi connectivity index (χ3v) is 6.66. The van der Waals surface area contributed by atoms with Gasteiger partial charge in [-0.15, -0.1) is 6.58 Å². The van der Waals surface area contributed by atoms with Crippen molar-refractivity contribution in [3.05, 3.63) is 55.0 Å². The van der Waals surface area contributed by atoms with Crippen LogP contribution < -0.4 is 5.32 Å². The van der Waals surface area contributed by atoms with E-state index in [4.69, 9.17) is 4.74 Å². The average Bonchev–Trinajstić information content (AvgIpc) is 3.36. The summed E-state index contributed by atoms with van der Waals surface area (Å²) >= 11 is 0. The van der Waals surface area contributed by atoms with Gasteiger partial charge >= 0.3 is 0 Å². The van der Waals surface area contributed by atoms with Crippen molar-refractivity contribution in [1.82, 2.24) is 25.0 Å². The molecule has 4 rings (SSSR count). The molecule has 1 aliphatic heterocycles. The van der Waals surface area contributed by atoms with Crippen LogP contribution in [-0.4, -0.2) is 64.5 Å². The Hall–Kier alpha value is -2.51. The van der Waals surface area contributed by atoms with Gasteiger partial charge in [0.1, 0.15) is 0 Å². The number of hydrogen-bond donors (Lipinski definition) is 1. The van der Waals surface area contributed by atoms with Gasteiger partial charge in [0.2, 0.25) is 0 Å². The Labute approximate surface area is 190 Å². The number of ether oxygens (including phenoxy) is 1. The first-order chi connectivity index (χ1) is 15.7. The minimum atomic E-state index is -0.0317. The van der Waals surface area contributed by atoms with Gasteiger partial charge in [0.15, 0.2) is 5.82 Å². The average molecular weight is 438 g/mol. The summed E-state index contributed by atoms with van der Waals surface area (Å²) in [6.45, 7) is 8.46. The van der Waals surface area contributed by atoms with Crippen molar-refractivity contribution in [2.45, 2.75) is 44.6 Å². The second kappa shape index (κ2) is 11.4. The van der Waals surface area contributed by atoms with E-state index >= 15 is 0 Å². The SMILES string of the molecule is C=CCOCC1CCCN(C[C@@H]2CCCC[C@H]2NC(=O)c2ccc(-n3cccn3)nc2)C1. The number of rotatable bonds is 9. The molecule has 2 aromatic heterocycles. The lowest BCUT2D eigenvalue weighted by Crippen LogP contribution is -2.48. The number of likely N-dealkylation sites (tertiary alicyclic amines) is 1. The Morgan fingerprint density at radius 1 is 1.25 bits per heavy atom. The lowest BCUT2D eigenvalue weighted by atomic mass is 9.83. The molecule has 2 fully saturated rings. The van der Waals surface area contributed by atoms with Gasteiger partial charge in [-0.05, 0) is 62.3 Å². The van der Waals surface area contributed by atoms with E-state index in [-0.39, 0.29) is 11.9 Å². The fraction of sp³-hybridized carbons (Fsp3) is 0.560. The first-order valence-electron chi connectivity index (χ1n) is 11.9. The Bertz CT molecular complexity index is 852. The molecule has 1 saturated carbocycles. The third-order valence-electron chi connectivity index (χ3n) is 6.66. The van der Waals surface area contributed by atoms with Crippen LogP contribution in [0.5, 0.6) is 0 Å². The molecule has 1 amide bonds. The standard InChI is InChI=1S/C25H35N5O2/c1-2-15-32-19-20-7-5-13-29(17-20)18-22-8-3-4-9-23(22)28-25(31)21-10-11-24(26-16-21)30-14-6-12-27-30/h2,6,10-12,14,16,20,22-23H,1,3-5,7-9,13,15,17-19H2,(H,28,31)/t20?,22-,23+/m0/s1. The summed E-state index contributed by atoms with van der Waals surface area (Å²) in [4.78, 5) is 19.9. The van der Waals surface area contributed by atoms with Crippen LogP contribution in [0.1, 0.15) is 48.9 Å². The number of carbonyl (C=O) groups is 1. The summed E-state index contributed by atoms with van der Waals surface area (Å²) in [7, 11) is 0. The second-order valence-electron chi connectivity index (χ2n) is 9.07. The molecule has 172 valence electrons. The Morgan fingerprint density at radius 3 is 2.94 bits per heavy atom. The van der Waals surface area contributed by atoms with Gasteiger partial charge in [0.05, 0.1) is 18.8 Å². The van der Waals surface area contributed by atoms with Crippen LogP contribution in [0, 0.1) is 11.8 Å². The van der Waals surface area contributed by atoms with Gasteiger partial charge in [-0.3, -0.25) is 4.79 Å². The van der Waals surface area contributed by atoms with Crippen LogP contribution >= 0.6 is 0 Å². The quantitative estimate of drug-likeness (QED) is 0.480. The van der Waals surface area contributed by atoms with E-state index in [1.165, 1.54) is 32.1 Å². The molecule has 0 aromatic carbocycles. The molecule has 1 aliphatic carbocycles. The van der Waals surface area contributed by atoms with Crippen LogP contribution in [0.3, 0.4) is 0 Å². The summed E-state index contributed by atoms with van der Waals surface area (Å²) < 4.78 is 7.39. The zero-order chi connectivity index (χ0) is 22.2. The first kappa shape index (κ1) is 22.7. The normalized spacial score (nSPS) is 24.2. The van der Waals surface area contributed by atoms with Crippen molar-refractivity contribution in [2.24, 2.45) is 11.8 Å². The van der Waals surface area contributed by atoms with E-state index in [0.717, 1.165) is 32.7 Å². The highest BCUT2D eigenvalue weighted by molar-refractivity contribution is 5.94. The molecule has 2 aromatic rings. The molecule has 0 bridgehead atoms. The summed E-state index contributed by atoms with van der Waals surface area (Å²) in [5.41, 5.74) is 0.600. The molecule has 32 heavy (non-hydrogen) atoms. The highest BCUT2D eigenvalue weighted by Gasteiger charge is 2.30. The highest BCUT2D eigenvalue weighted by Crippen LogP contribution is 2.27. The maximum Gasteiger partial charge on any atom is 0.253 e. The van der Waals surface area contributed by atoms with Gasteiger partial charge in [0.25, 0.3) is 5.91 Å². The van der Waals surface area contributed by atoms with Crippen molar-refractivity contribution >= 4 is 5.91 Å². The van der Waals surface area contributed by atoms with E-state index in [0.29, 0.717) is 29.8 Å². The zero-order valence-corrected chi connectivity index (χ0v) is 18.9. The highest BCUT2D eigenvalue weighted by atomic mass is 16.5. The smallest absolute Gasteiger partial charge is 0.253 e. The Balaban J connectivity index is 1.32. The molecular weight excluding hydrogens is 402 g/mol. The van der Waals surface area contributed by atoms with Crippen LogP contribution in [0.25, 0.3) is 5.82 Å². The predicted molar refractivity (Wildman–Crippen MR) is 125 cm³/mol. The number of nitrogens with zero attached hydrogens (tertiary/aromatic N) is 4. The molecule has 2 aliphatic rings. The minimum absolute atomic E-state index is 0.0317. The number of aromatic nitrogens is 3. The predicted octanol–water partition coefficient (Wildman–Crippen LogP) is 3.47. The van der Waals surface area contributed by atoms with E-state index in [1.54, 1.807) is 17.1 Å². The van der Waals surface area contributed by atoms with Crippen molar-refractivity contribution < 1.29 is 9.53 Å². The zero-order valence-electron chi connectivity index (χ0n) is 18.9. The van der Waals surface area contributed by atoms with Crippen molar-refractivity contribution in [3.8, 4) is 5.82 Å². The fourth-order valence-electron chi connectivity index (χ4n) is 5.03. The molecule has 7 heteroatoms. The first-order valence-corrected chi connectivity index (χ1v) is 11.9. The van der Waals surface area contributed by atoms with Crippen molar-refractivity contribution in [2.75, 3.05) is 32.8 Å². The number of hydrogen-bond acceptors (Lipinski definition) is 5. The molecule has 3 heterocycles. The summed E-state index contributed by atoms with van der Waals surface area (Å²) in [6.07, 6.45) is 14.1. The van der Waals surface area contributed by atoms with E-state index in [2.05, 4.69) is 26.9 Å². The largest absolute Gasteiger partial charge is 0.377 e. The van der Waals surface area contributed by atoms with Gasteiger partial charge in [-0.2, -0.15) is 5.10 Å². The van der Waals surface area contributed by atoms with Gasteiger partial charge in [-0.25, -0.2) is 9.67 Å². The Morgan fingerprint density at radius 2 is 2.16 bits per heavy atom. The van der Waals surface area contributed by atoms with E-state index in [9.17, 15) is 4.79 Å². The lowest BCUT2D eigenvalue weighted by molar-refractivity contribution is 0.0599. The summed E-state index contributed by atoms with van der Waals surface area (Å²) in [6, 6.07) is 5.74. The maximum absolute atomic E-state index is 12.9. The van der Waals surface area contributed by atoms with Gasteiger partial charge in [-0.1, -0.05) is 18.9 Å². The number of carbonyl (C=O) groups excluding carboxylic acids is 1. The van der Waals surface area contributed by atoms with Gasteiger partial charge < -0.3 is 15.0 Å². The maximum atomic E-state index is 12.9. The minimum Gasteiger partial charge on any atom is -0.377 e. The van der Waals surface area contributed by atoms with Crippen LogP contribution in [0.2, 0.25) is 0 Å². The number of nitrogens with one attached hydrogen (secondary N) is 1. The molecular formula is C25H35N5O2. The van der Waals surface area contributed by atoms with Crippen LogP contribution in [0.15, 0.2) is 49.4 Å². The summed E-state index contributed by atoms with van der Waals surface area (Å²) in [5.74, 6) is 1.77. The molecule has 3 atom stereocenters. The monoisotopic (exact) mass is 437 g/mol. The van der Waals surface area contributed by atoms with E-state index in [1.807, 2.05) is 30.5 Å². The molecule has 1 unspecified atom stereocenters. The van der Waals surface area contributed by atoms with Crippen LogP contribution in [-0.2, 0) is 4.74 Å². The molecule has 0 radical (unpaired) electrons. The van der Waals surface area contributed by atoms with Crippen molar-refractivity contribution in [1.29, 1.82) is 0 Å². The van der Waals surface area contributed by atoms with Gasteiger partial charge in [0, 0.05) is 37.7 Å². The van der Waals surface area contributed by atoms with Crippen molar-refractivity contribution in [3.63, 3.8) is 0 Å². The van der Waals surface area contributed by atoms with Crippen LogP contribution in [0.4, 0.5) is 0 Å². The number of pyridine rings is 1. The lowest BCUT2D eigenvalue weighted by Gasteiger charge is -2.39. The third kappa shape index (κ3) is 6.04. The fourth-order valence-corrected chi connectivity index (χ4v) is 5.03. The topological polar surface area (TPSA) is 72.3 Å².